The van der Waals surface area contributed by atoms with Crippen LogP contribution in [0.3, 0.4) is 0 Å². The summed E-state index contributed by atoms with van der Waals surface area (Å²) in [7, 11) is 0. The van der Waals surface area contributed by atoms with Crippen molar-refractivity contribution >= 4 is 39.3 Å². The Bertz CT molecular complexity index is 442. The maximum absolute atomic E-state index is 11.8. The molecule has 1 aromatic rings. The van der Waals surface area contributed by atoms with Crippen LogP contribution in [0, 0.1) is 0 Å². The van der Waals surface area contributed by atoms with Gasteiger partial charge in [0.25, 0.3) is 0 Å². The van der Waals surface area contributed by atoms with E-state index in [0.717, 1.165) is 17.4 Å². The maximum Gasteiger partial charge on any atom is 0.242 e. The van der Waals surface area contributed by atoms with Gasteiger partial charge in [0, 0.05) is 19.3 Å². The van der Waals surface area contributed by atoms with Crippen molar-refractivity contribution in [3.8, 4) is 0 Å². The molecule has 1 amide bonds. The molecule has 92 valence electrons. The van der Waals surface area contributed by atoms with Crippen LogP contribution in [0.4, 0.5) is 5.82 Å². The van der Waals surface area contributed by atoms with Gasteiger partial charge in [0.1, 0.15) is 11.9 Å². The predicted octanol–water partition coefficient (Wildman–Crippen LogP) is 1.61. The Morgan fingerprint density at radius 3 is 3.18 bits per heavy atom. The highest BCUT2D eigenvalue weighted by molar-refractivity contribution is 9.10. The lowest BCUT2D eigenvalue weighted by molar-refractivity contribution is -0.123. The molecule has 1 aliphatic heterocycles. The molecular formula is C10H12BrClN4O. The van der Waals surface area contributed by atoms with Crippen LogP contribution in [0.5, 0.6) is 0 Å². The average Bonchev–Trinajstić information content (AvgIpc) is 2.32. The van der Waals surface area contributed by atoms with Gasteiger partial charge in [-0.2, -0.15) is 4.98 Å². The highest BCUT2D eigenvalue weighted by Crippen LogP contribution is 2.27. The van der Waals surface area contributed by atoms with Crippen LogP contribution in [0.15, 0.2) is 10.7 Å². The highest BCUT2D eigenvalue weighted by Gasteiger charge is 2.30. The second kappa shape index (κ2) is 5.18. The van der Waals surface area contributed by atoms with E-state index in [9.17, 15) is 4.79 Å². The molecule has 1 fully saturated rings. The summed E-state index contributed by atoms with van der Waals surface area (Å²) in [4.78, 5) is 21.8. The summed E-state index contributed by atoms with van der Waals surface area (Å²) in [5.41, 5.74) is 0. The molecule has 17 heavy (non-hydrogen) atoms. The SMILES string of the molecule is CCC1C(=O)NCCN1c1nc(Cl)ncc1Br. The Hall–Kier alpha value is -0.880. The summed E-state index contributed by atoms with van der Waals surface area (Å²) < 4.78 is 0.745. The van der Waals surface area contributed by atoms with Gasteiger partial charge in [-0.1, -0.05) is 6.92 Å². The van der Waals surface area contributed by atoms with Crippen LogP contribution < -0.4 is 10.2 Å². The smallest absolute Gasteiger partial charge is 0.242 e. The molecule has 2 heterocycles. The number of halogens is 2. The van der Waals surface area contributed by atoms with Crippen molar-refractivity contribution in [3.63, 3.8) is 0 Å². The number of nitrogens with one attached hydrogen (secondary N) is 1. The molecule has 0 aliphatic carbocycles. The van der Waals surface area contributed by atoms with Crippen molar-refractivity contribution in [1.29, 1.82) is 0 Å². The highest BCUT2D eigenvalue weighted by atomic mass is 79.9. The number of carbonyl (C=O) groups is 1. The molecule has 7 heteroatoms. The van der Waals surface area contributed by atoms with Gasteiger partial charge in [-0.15, -0.1) is 0 Å². The van der Waals surface area contributed by atoms with Gasteiger partial charge >= 0.3 is 0 Å². The summed E-state index contributed by atoms with van der Waals surface area (Å²) >= 11 is 9.18. The Balaban J connectivity index is 2.36. The summed E-state index contributed by atoms with van der Waals surface area (Å²) in [6, 6.07) is -0.203. The predicted molar refractivity (Wildman–Crippen MR) is 69.2 cm³/mol. The van der Waals surface area contributed by atoms with E-state index in [1.54, 1.807) is 6.20 Å². The summed E-state index contributed by atoms with van der Waals surface area (Å²) in [6.45, 7) is 3.30. The first-order valence-corrected chi connectivity index (χ1v) is 6.53. The molecule has 5 nitrogen and oxygen atoms in total. The minimum Gasteiger partial charge on any atom is -0.353 e. The van der Waals surface area contributed by atoms with Gasteiger partial charge in [-0.25, -0.2) is 4.98 Å². The molecule has 1 unspecified atom stereocenters. The molecule has 0 saturated carbocycles. The fourth-order valence-corrected chi connectivity index (χ4v) is 2.46. The van der Waals surface area contributed by atoms with E-state index >= 15 is 0 Å². The number of carbonyl (C=O) groups excluding carboxylic acids is 1. The molecule has 0 radical (unpaired) electrons. The molecule has 1 atom stereocenters. The standard InChI is InChI=1S/C10H12BrClN4O/c1-2-7-9(17)13-3-4-16(7)8-6(11)5-14-10(12)15-8/h5,7H,2-4H2,1H3,(H,13,17). The number of hydrogen-bond donors (Lipinski definition) is 1. The van der Waals surface area contributed by atoms with Crippen LogP contribution in [0.2, 0.25) is 5.28 Å². The number of rotatable bonds is 2. The van der Waals surface area contributed by atoms with Gasteiger partial charge in [-0.3, -0.25) is 4.79 Å². The monoisotopic (exact) mass is 318 g/mol. The summed E-state index contributed by atoms with van der Waals surface area (Å²) in [5.74, 6) is 0.701. The lowest BCUT2D eigenvalue weighted by Gasteiger charge is -2.35. The van der Waals surface area contributed by atoms with Crippen LogP contribution in [0.1, 0.15) is 13.3 Å². The number of anilines is 1. The van der Waals surface area contributed by atoms with Crippen molar-refractivity contribution in [3.05, 3.63) is 16.0 Å². The first-order valence-electron chi connectivity index (χ1n) is 5.36. The third-order valence-electron chi connectivity index (χ3n) is 2.69. The molecule has 0 bridgehead atoms. The van der Waals surface area contributed by atoms with Crippen molar-refractivity contribution < 1.29 is 4.79 Å². The zero-order valence-corrected chi connectivity index (χ0v) is 11.6. The van der Waals surface area contributed by atoms with Crippen molar-refractivity contribution in [2.45, 2.75) is 19.4 Å². The molecule has 1 aliphatic rings. The van der Waals surface area contributed by atoms with Gasteiger partial charge in [0.05, 0.1) is 4.47 Å². The summed E-state index contributed by atoms with van der Waals surface area (Å²) in [6.07, 6.45) is 2.32. The molecule has 0 aromatic carbocycles. The fraction of sp³-hybridized carbons (Fsp3) is 0.500. The third kappa shape index (κ3) is 2.52. The van der Waals surface area contributed by atoms with E-state index in [-0.39, 0.29) is 17.2 Å². The first-order chi connectivity index (χ1) is 8.13. The Morgan fingerprint density at radius 1 is 1.71 bits per heavy atom. The zero-order valence-electron chi connectivity index (χ0n) is 9.28. The molecule has 0 spiro atoms. The van der Waals surface area contributed by atoms with E-state index in [2.05, 4.69) is 31.2 Å². The maximum atomic E-state index is 11.8. The molecular weight excluding hydrogens is 307 g/mol. The normalized spacial score (nSPS) is 20.3. The molecule has 1 aromatic heterocycles. The Morgan fingerprint density at radius 2 is 2.47 bits per heavy atom. The zero-order chi connectivity index (χ0) is 12.4. The summed E-state index contributed by atoms with van der Waals surface area (Å²) in [5, 5.41) is 3.03. The van der Waals surface area contributed by atoms with Gasteiger partial charge in [-0.05, 0) is 34.0 Å². The van der Waals surface area contributed by atoms with Gasteiger partial charge in [0.15, 0.2) is 0 Å². The number of hydrogen-bond acceptors (Lipinski definition) is 4. The Labute approximate surface area is 113 Å². The van der Waals surface area contributed by atoms with E-state index in [1.165, 1.54) is 0 Å². The van der Waals surface area contributed by atoms with Crippen LogP contribution in [-0.4, -0.2) is 35.0 Å². The fourth-order valence-electron chi connectivity index (χ4n) is 1.91. The van der Waals surface area contributed by atoms with Crippen molar-refractivity contribution in [2.75, 3.05) is 18.0 Å². The van der Waals surface area contributed by atoms with Crippen LogP contribution >= 0.6 is 27.5 Å². The lowest BCUT2D eigenvalue weighted by Crippen LogP contribution is -2.55. The van der Waals surface area contributed by atoms with Gasteiger partial charge < -0.3 is 10.2 Å². The minimum absolute atomic E-state index is 0.0281. The average molecular weight is 320 g/mol. The quantitative estimate of drug-likeness (QED) is 0.841. The number of amides is 1. The number of nitrogens with zero attached hydrogens (tertiary/aromatic N) is 3. The number of piperazine rings is 1. The largest absolute Gasteiger partial charge is 0.353 e. The lowest BCUT2D eigenvalue weighted by atomic mass is 10.1. The number of aromatic nitrogens is 2. The molecule has 2 rings (SSSR count). The van der Waals surface area contributed by atoms with Crippen LogP contribution in [-0.2, 0) is 4.79 Å². The van der Waals surface area contributed by atoms with E-state index in [0.29, 0.717) is 12.4 Å². The minimum atomic E-state index is -0.203. The third-order valence-corrected chi connectivity index (χ3v) is 3.43. The van der Waals surface area contributed by atoms with Crippen LogP contribution in [0.25, 0.3) is 0 Å². The molecule has 1 saturated heterocycles. The van der Waals surface area contributed by atoms with Crippen molar-refractivity contribution in [2.24, 2.45) is 0 Å². The van der Waals surface area contributed by atoms with Gasteiger partial charge in [0.2, 0.25) is 11.2 Å². The van der Waals surface area contributed by atoms with E-state index in [4.69, 9.17) is 11.6 Å². The van der Waals surface area contributed by atoms with E-state index < -0.39 is 0 Å². The topological polar surface area (TPSA) is 58.1 Å². The first kappa shape index (κ1) is 12.6. The Kier molecular flexibility index (Phi) is 3.83. The van der Waals surface area contributed by atoms with Crippen molar-refractivity contribution in [1.82, 2.24) is 15.3 Å². The second-order valence-electron chi connectivity index (χ2n) is 3.72. The molecule has 1 N–H and O–H groups in total. The second-order valence-corrected chi connectivity index (χ2v) is 4.91. The van der Waals surface area contributed by atoms with E-state index in [1.807, 2.05) is 11.8 Å².